The Morgan fingerprint density at radius 2 is 1.61 bits per heavy atom. The zero-order valence-corrected chi connectivity index (χ0v) is 17.5. The van der Waals surface area contributed by atoms with Crippen LogP contribution < -0.4 is 21.9 Å². The van der Waals surface area contributed by atoms with E-state index in [1.807, 2.05) is 6.07 Å². The second-order valence-corrected chi connectivity index (χ2v) is 7.47. The maximum Gasteiger partial charge on any atom is 0.343 e. The van der Waals surface area contributed by atoms with Gasteiger partial charge in [-0.2, -0.15) is 0 Å². The van der Waals surface area contributed by atoms with Gasteiger partial charge >= 0.3 is 5.97 Å². The largest absolute Gasteiger partial charge is 0.420 e. The summed E-state index contributed by atoms with van der Waals surface area (Å²) in [6, 6.07) is 13.5. The van der Waals surface area contributed by atoms with E-state index in [4.69, 9.17) is 27.3 Å². The van der Waals surface area contributed by atoms with E-state index in [-0.39, 0.29) is 11.8 Å². The molecule has 0 aromatic heterocycles. The number of carbonyl (C=O) groups is 1. The first-order valence-electron chi connectivity index (χ1n) is 7.94. The molecule has 142 valence electrons. The molecular formula is C19H15Br2N5O2. The van der Waals surface area contributed by atoms with Gasteiger partial charge in [-0.3, -0.25) is 5.41 Å². The number of esters is 1. The zero-order valence-electron chi connectivity index (χ0n) is 14.4. The monoisotopic (exact) mass is 503 g/mol. The molecule has 0 aliphatic carbocycles. The van der Waals surface area contributed by atoms with Crippen LogP contribution in [0.15, 0.2) is 62.5 Å². The van der Waals surface area contributed by atoms with Gasteiger partial charge in [0.05, 0.1) is 20.2 Å². The molecule has 28 heavy (non-hydrogen) atoms. The van der Waals surface area contributed by atoms with Gasteiger partial charge in [0, 0.05) is 5.56 Å². The molecule has 0 aliphatic rings. The van der Waals surface area contributed by atoms with Crippen LogP contribution in [-0.2, 0) is 0 Å². The summed E-state index contributed by atoms with van der Waals surface area (Å²) in [5, 5.41) is 9.22. The van der Waals surface area contributed by atoms with Crippen molar-refractivity contribution in [3.8, 4) is 5.75 Å². The number of nitrogens with two attached hydrogens (primary N) is 3. The number of carbonyl (C=O) groups excluding carboxylic acids is 1. The molecule has 0 aliphatic heterocycles. The van der Waals surface area contributed by atoms with Crippen LogP contribution in [0.2, 0.25) is 0 Å². The lowest BCUT2D eigenvalue weighted by Crippen LogP contribution is -2.21. The molecule has 0 amide bonds. The number of nitrogens with zero attached hydrogens (tertiary/aromatic N) is 1. The maximum absolute atomic E-state index is 12.5. The van der Waals surface area contributed by atoms with Crippen LogP contribution in [0.25, 0.3) is 10.8 Å². The normalized spacial score (nSPS) is 10.5. The minimum absolute atomic E-state index is 0.0196. The van der Waals surface area contributed by atoms with Crippen molar-refractivity contribution in [3.63, 3.8) is 0 Å². The van der Waals surface area contributed by atoms with Gasteiger partial charge in [-0.15, -0.1) is 0 Å². The van der Waals surface area contributed by atoms with Crippen molar-refractivity contribution in [2.45, 2.75) is 0 Å². The highest BCUT2D eigenvalue weighted by molar-refractivity contribution is 9.11. The summed E-state index contributed by atoms with van der Waals surface area (Å²) in [5.74, 6) is -0.264. The standard InChI is InChI=1S/C19H15Br2N5O2/c20-14-8-11-7-10(17(22)23)3-6-13(11)15(21)16(14)28-18(27)9-1-4-12(5-2-9)26-19(24)25/h1-8H,(H3,22,23)(H4,24,25,26). The predicted octanol–water partition coefficient (Wildman–Crippen LogP) is 3.77. The molecule has 3 aromatic rings. The number of fused-ring (bicyclic) bond motifs is 1. The third-order valence-corrected chi connectivity index (χ3v) is 5.23. The molecule has 0 saturated carbocycles. The quantitative estimate of drug-likeness (QED) is 0.185. The SMILES string of the molecule is N=C(N)c1ccc2c(Br)c(OC(=O)c3ccc(N=C(N)N)cc3)c(Br)cc2c1. The number of hydrogen-bond donors (Lipinski definition) is 4. The van der Waals surface area contributed by atoms with Crippen LogP contribution in [0, 0.1) is 5.41 Å². The Morgan fingerprint density at radius 3 is 2.21 bits per heavy atom. The van der Waals surface area contributed by atoms with E-state index in [2.05, 4.69) is 36.9 Å². The number of nitrogen functional groups attached to an aromatic ring is 1. The molecule has 0 radical (unpaired) electrons. The number of nitrogens with one attached hydrogen (secondary N) is 1. The van der Waals surface area contributed by atoms with Crippen LogP contribution in [0.3, 0.4) is 0 Å². The number of ether oxygens (including phenoxy) is 1. The van der Waals surface area contributed by atoms with Crippen LogP contribution in [0.4, 0.5) is 5.69 Å². The van der Waals surface area contributed by atoms with Crippen molar-refractivity contribution in [2.75, 3.05) is 0 Å². The smallest absolute Gasteiger partial charge is 0.343 e. The number of hydrogen-bond acceptors (Lipinski definition) is 4. The second-order valence-electron chi connectivity index (χ2n) is 5.82. The number of amidine groups is 1. The Labute approximate surface area is 177 Å². The Balaban J connectivity index is 1.93. The van der Waals surface area contributed by atoms with Crippen molar-refractivity contribution in [2.24, 2.45) is 22.2 Å². The average Bonchev–Trinajstić information content (AvgIpc) is 2.64. The maximum atomic E-state index is 12.5. The zero-order chi connectivity index (χ0) is 20.4. The van der Waals surface area contributed by atoms with Gasteiger partial charge < -0.3 is 21.9 Å². The molecule has 3 aromatic carbocycles. The van der Waals surface area contributed by atoms with E-state index >= 15 is 0 Å². The van der Waals surface area contributed by atoms with E-state index in [9.17, 15) is 4.79 Å². The minimum atomic E-state index is -0.530. The van der Waals surface area contributed by atoms with Gasteiger partial charge in [0.25, 0.3) is 0 Å². The summed E-state index contributed by atoms with van der Waals surface area (Å²) in [6.45, 7) is 0. The molecule has 9 heteroatoms. The van der Waals surface area contributed by atoms with E-state index in [1.165, 1.54) is 0 Å². The van der Waals surface area contributed by atoms with Crippen molar-refractivity contribution in [3.05, 3.63) is 68.6 Å². The Morgan fingerprint density at radius 1 is 0.964 bits per heavy atom. The summed E-state index contributed by atoms with van der Waals surface area (Å²) in [7, 11) is 0. The summed E-state index contributed by atoms with van der Waals surface area (Å²) < 4.78 is 6.77. The lowest BCUT2D eigenvalue weighted by Gasteiger charge is -2.12. The molecule has 0 bridgehead atoms. The fourth-order valence-corrected chi connectivity index (χ4v) is 3.99. The third-order valence-electron chi connectivity index (χ3n) is 3.85. The highest BCUT2D eigenvalue weighted by Crippen LogP contribution is 2.40. The first-order chi connectivity index (χ1) is 13.3. The van der Waals surface area contributed by atoms with Crippen molar-refractivity contribution in [1.82, 2.24) is 0 Å². The van der Waals surface area contributed by atoms with E-state index in [1.54, 1.807) is 42.5 Å². The van der Waals surface area contributed by atoms with Crippen molar-refractivity contribution in [1.29, 1.82) is 5.41 Å². The Bertz CT molecular complexity index is 1120. The topological polar surface area (TPSA) is 141 Å². The number of guanidine groups is 1. The van der Waals surface area contributed by atoms with Crippen molar-refractivity contribution < 1.29 is 9.53 Å². The third kappa shape index (κ3) is 4.15. The molecule has 0 saturated heterocycles. The summed E-state index contributed by atoms with van der Waals surface area (Å²) in [4.78, 5) is 16.4. The Hall–Kier alpha value is -2.91. The van der Waals surface area contributed by atoms with Crippen LogP contribution >= 0.6 is 31.9 Å². The van der Waals surface area contributed by atoms with Crippen molar-refractivity contribution >= 4 is 66.1 Å². The molecule has 3 rings (SSSR count). The molecule has 0 atom stereocenters. The average molecular weight is 505 g/mol. The summed E-state index contributed by atoms with van der Waals surface area (Å²) >= 11 is 6.93. The first-order valence-corrected chi connectivity index (χ1v) is 9.53. The second kappa shape index (κ2) is 7.99. The first kappa shape index (κ1) is 19.8. The Kier molecular flexibility index (Phi) is 5.66. The van der Waals surface area contributed by atoms with Gasteiger partial charge in [0.15, 0.2) is 11.7 Å². The predicted molar refractivity (Wildman–Crippen MR) is 117 cm³/mol. The molecule has 7 N–H and O–H groups in total. The molecular weight excluding hydrogens is 490 g/mol. The lowest BCUT2D eigenvalue weighted by atomic mass is 10.1. The summed E-state index contributed by atoms with van der Waals surface area (Å²) in [6.07, 6.45) is 0. The number of aliphatic imine (C=N–C) groups is 1. The van der Waals surface area contributed by atoms with Gasteiger partial charge in [0.1, 0.15) is 5.84 Å². The van der Waals surface area contributed by atoms with Gasteiger partial charge in [-0.25, -0.2) is 9.79 Å². The number of halogens is 2. The van der Waals surface area contributed by atoms with E-state index in [0.717, 1.165) is 10.8 Å². The fraction of sp³-hybridized carbons (Fsp3) is 0. The minimum Gasteiger partial charge on any atom is -0.420 e. The van der Waals surface area contributed by atoms with Gasteiger partial charge in [-0.05, 0) is 79.0 Å². The number of rotatable bonds is 4. The highest BCUT2D eigenvalue weighted by atomic mass is 79.9. The van der Waals surface area contributed by atoms with Crippen LogP contribution in [0.5, 0.6) is 5.75 Å². The molecule has 0 heterocycles. The van der Waals surface area contributed by atoms with Crippen LogP contribution in [-0.4, -0.2) is 17.8 Å². The summed E-state index contributed by atoms with van der Waals surface area (Å²) in [5.41, 5.74) is 17.7. The van der Waals surface area contributed by atoms with Gasteiger partial charge in [-0.1, -0.05) is 12.1 Å². The van der Waals surface area contributed by atoms with E-state index in [0.29, 0.717) is 31.5 Å². The molecule has 0 fully saturated rings. The van der Waals surface area contributed by atoms with Gasteiger partial charge in [0.2, 0.25) is 0 Å². The molecule has 0 spiro atoms. The number of benzene rings is 3. The lowest BCUT2D eigenvalue weighted by molar-refractivity contribution is 0.0732. The molecule has 0 unspecified atom stereocenters. The molecule has 7 nitrogen and oxygen atoms in total. The fourth-order valence-electron chi connectivity index (χ4n) is 2.55. The van der Waals surface area contributed by atoms with Crippen LogP contribution in [0.1, 0.15) is 15.9 Å². The highest BCUT2D eigenvalue weighted by Gasteiger charge is 2.17. The van der Waals surface area contributed by atoms with E-state index < -0.39 is 5.97 Å².